The third-order valence-electron chi connectivity index (χ3n) is 4.62. The molecule has 1 aliphatic rings. The molecule has 0 bridgehead atoms. The van der Waals surface area contributed by atoms with Crippen molar-refractivity contribution in [3.05, 3.63) is 29.0 Å². The zero-order valence-corrected chi connectivity index (χ0v) is 14.3. The van der Waals surface area contributed by atoms with Crippen LogP contribution in [0.15, 0.2) is 18.2 Å². The molecule has 1 saturated carbocycles. The summed E-state index contributed by atoms with van der Waals surface area (Å²) in [6.07, 6.45) is 3.68. The van der Waals surface area contributed by atoms with Crippen LogP contribution >= 0.6 is 11.6 Å². The van der Waals surface area contributed by atoms with Crippen molar-refractivity contribution in [2.75, 3.05) is 18.9 Å². The van der Waals surface area contributed by atoms with Crippen LogP contribution < -0.4 is 5.32 Å². The zero-order valence-electron chi connectivity index (χ0n) is 13.6. The van der Waals surface area contributed by atoms with Crippen LogP contribution in [0.5, 0.6) is 0 Å². The maximum absolute atomic E-state index is 13.7. The van der Waals surface area contributed by atoms with Gasteiger partial charge in [-0.25, -0.2) is 4.39 Å². The van der Waals surface area contributed by atoms with Crippen LogP contribution in [0.1, 0.15) is 32.6 Å². The Labute approximate surface area is 141 Å². The minimum Gasteiger partial charge on any atom is -0.393 e. The minimum absolute atomic E-state index is 0.0838. The fraction of sp³-hybridized carbons (Fsp3) is 0.588. The van der Waals surface area contributed by atoms with Crippen LogP contribution in [0.25, 0.3) is 0 Å². The summed E-state index contributed by atoms with van der Waals surface area (Å²) >= 11 is 5.83. The van der Waals surface area contributed by atoms with E-state index in [0.29, 0.717) is 11.6 Å². The second kappa shape index (κ2) is 8.08. The number of anilines is 1. The van der Waals surface area contributed by atoms with E-state index in [9.17, 15) is 14.3 Å². The summed E-state index contributed by atoms with van der Waals surface area (Å²) in [6, 6.07) is 3.63. The number of carbonyl (C=O) groups excluding carboxylic acids is 1. The van der Waals surface area contributed by atoms with Crippen molar-refractivity contribution >= 4 is 23.2 Å². The van der Waals surface area contributed by atoms with Gasteiger partial charge in [-0.1, -0.05) is 24.4 Å². The van der Waals surface area contributed by atoms with E-state index in [0.717, 1.165) is 25.7 Å². The van der Waals surface area contributed by atoms with Gasteiger partial charge < -0.3 is 10.4 Å². The first-order chi connectivity index (χ1) is 10.9. The van der Waals surface area contributed by atoms with Gasteiger partial charge in [-0.05, 0) is 50.9 Å². The molecule has 2 N–H and O–H groups in total. The van der Waals surface area contributed by atoms with E-state index >= 15 is 0 Å². The lowest BCUT2D eigenvalue weighted by molar-refractivity contribution is -0.120. The predicted octanol–water partition coefficient (Wildman–Crippen LogP) is 3.29. The third kappa shape index (κ3) is 4.90. The molecule has 0 heterocycles. The number of likely N-dealkylation sites (N-methyl/N-ethyl adjacent to an activating group) is 1. The molecule has 1 aromatic rings. The first-order valence-electron chi connectivity index (χ1n) is 8.02. The number of amides is 1. The Hall–Kier alpha value is -1.17. The standard InChI is InChI=1S/C17H24ClFN2O2/c1-11(21(2)10-12-5-3-4-6-16(12)22)17(23)20-15-9-13(18)7-8-14(15)19/h7-9,11-12,16,22H,3-6,10H2,1-2H3,(H,20,23). The number of halogens is 2. The molecule has 0 saturated heterocycles. The van der Waals surface area contributed by atoms with Gasteiger partial charge in [-0.2, -0.15) is 0 Å². The molecule has 3 atom stereocenters. The molecule has 0 radical (unpaired) electrons. The summed E-state index contributed by atoms with van der Waals surface area (Å²) in [6.45, 7) is 2.42. The summed E-state index contributed by atoms with van der Waals surface area (Å²) in [4.78, 5) is 14.2. The molecule has 1 aliphatic carbocycles. The average molecular weight is 343 g/mol. The average Bonchev–Trinajstić information content (AvgIpc) is 2.52. The van der Waals surface area contributed by atoms with Crippen LogP contribution in [-0.2, 0) is 4.79 Å². The van der Waals surface area contributed by atoms with Crippen molar-refractivity contribution in [3.8, 4) is 0 Å². The molecule has 1 amide bonds. The molecule has 0 aliphatic heterocycles. The van der Waals surface area contributed by atoms with Crippen molar-refractivity contribution in [3.63, 3.8) is 0 Å². The lowest BCUT2D eigenvalue weighted by Crippen LogP contribution is -2.44. The van der Waals surface area contributed by atoms with Gasteiger partial charge in [-0.3, -0.25) is 9.69 Å². The second-order valence-corrected chi connectivity index (χ2v) is 6.78. The molecule has 6 heteroatoms. The Bertz CT molecular complexity index is 555. The van der Waals surface area contributed by atoms with Crippen LogP contribution in [0.4, 0.5) is 10.1 Å². The van der Waals surface area contributed by atoms with E-state index in [-0.39, 0.29) is 23.6 Å². The van der Waals surface area contributed by atoms with Crippen LogP contribution in [0, 0.1) is 11.7 Å². The largest absolute Gasteiger partial charge is 0.393 e. The summed E-state index contributed by atoms with van der Waals surface area (Å²) in [5.74, 6) is -0.619. The first-order valence-corrected chi connectivity index (χ1v) is 8.40. The van der Waals surface area contributed by atoms with Crippen molar-refractivity contribution < 1.29 is 14.3 Å². The van der Waals surface area contributed by atoms with Crippen molar-refractivity contribution in [2.45, 2.75) is 44.8 Å². The number of aliphatic hydroxyl groups excluding tert-OH is 1. The highest BCUT2D eigenvalue weighted by Crippen LogP contribution is 2.25. The van der Waals surface area contributed by atoms with E-state index in [1.54, 1.807) is 6.92 Å². The highest BCUT2D eigenvalue weighted by atomic mass is 35.5. The number of benzene rings is 1. The molecular weight excluding hydrogens is 319 g/mol. The van der Waals surface area contributed by atoms with Gasteiger partial charge in [0, 0.05) is 11.6 Å². The number of nitrogens with zero attached hydrogens (tertiary/aromatic N) is 1. The maximum Gasteiger partial charge on any atom is 0.241 e. The normalized spacial score (nSPS) is 22.9. The Balaban J connectivity index is 1.94. The molecule has 2 rings (SSSR count). The summed E-state index contributed by atoms with van der Waals surface area (Å²) in [5.41, 5.74) is 0.0838. The Morgan fingerprint density at radius 1 is 1.48 bits per heavy atom. The Kier molecular flexibility index (Phi) is 6.39. The fourth-order valence-electron chi connectivity index (χ4n) is 2.96. The predicted molar refractivity (Wildman–Crippen MR) is 90.1 cm³/mol. The quantitative estimate of drug-likeness (QED) is 0.863. The van der Waals surface area contributed by atoms with Crippen molar-refractivity contribution in [1.29, 1.82) is 0 Å². The van der Waals surface area contributed by atoms with Gasteiger partial charge >= 0.3 is 0 Å². The van der Waals surface area contributed by atoms with E-state index in [1.807, 2.05) is 11.9 Å². The van der Waals surface area contributed by atoms with Gasteiger partial charge in [0.05, 0.1) is 17.8 Å². The highest BCUT2D eigenvalue weighted by molar-refractivity contribution is 6.30. The summed E-state index contributed by atoms with van der Waals surface area (Å²) in [7, 11) is 1.85. The fourth-order valence-corrected chi connectivity index (χ4v) is 3.13. The van der Waals surface area contributed by atoms with E-state index in [1.165, 1.54) is 18.2 Å². The van der Waals surface area contributed by atoms with Crippen LogP contribution in [-0.4, -0.2) is 41.7 Å². The molecule has 1 aromatic carbocycles. The lowest BCUT2D eigenvalue weighted by Gasteiger charge is -2.33. The summed E-state index contributed by atoms with van der Waals surface area (Å²) in [5, 5.41) is 13.0. The topological polar surface area (TPSA) is 52.6 Å². The summed E-state index contributed by atoms with van der Waals surface area (Å²) < 4.78 is 13.7. The van der Waals surface area contributed by atoms with E-state index in [2.05, 4.69) is 5.32 Å². The van der Waals surface area contributed by atoms with Gasteiger partial charge in [0.25, 0.3) is 0 Å². The number of rotatable bonds is 5. The van der Waals surface area contributed by atoms with Gasteiger partial charge in [0.15, 0.2) is 0 Å². The second-order valence-electron chi connectivity index (χ2n) is 6.34. The van der Waals surface area contributed by atoms with E-state index < -0.39 is 11.9 Å². The number of aliphatic hydroxyl groups is 1. The van der Waals surface area contributed by atoms with Gasteiger partial charge in [0.1, 0.15) is 5.82 Å². The number of hydrogen-bond acceptors (Lipinski definition) is 3. The van der Waals surface area contributed by atoms with Gasteiger partial charge in [0.2, 0.25) is 5.91 Å². The smallest absolute Gasteiger partial charge is 0.241 e. The minimum atomic E-state index is -0.514. The number of nitrogens with one attached hydrogen (secondary N) is 1. The molecular formula is C17H24ClFN2O2. The van der Waals surface area contributed by atoms with E-state index in [4.69, 9.17) is 11.6 Å². The molecule has 23 heavy (non-hydrogen) atoms. The van der Waals surface area contributed by atoms with Gasteiger partial charge in [-0.15, -0.1) is 0 Å². The molecule has 4 nitrogen and oxygen atoms in total. The van der Waals surface area contributed by atoms with Crippen LogP contribution in [0.2, 0.25) is 5.02 Å². The molecule has 128 valence electrons. The molecule has 0 aromatic heterocycles. The Morgan fingerprint density at radius 3 is 2.87 bits per heavy atom. The SMILES string of the molecule is CC(C(=O)Nc1cc(Cl)ccc1F)N(C)CC1CCCCC1O. The highest BCUT2D eigenvalue weighted by Gasteiger charge is 2.27. The zero-order chi connectivity index (χ0) is 17.0. The lowest BCUT2D eigenvalue weighted by atomic mass is 9.86. The molecule has 0 spiro atoms. The van der Waals surface area contributed by atoms with Crippen LogP contribution in [0.3, 0.4) is 0 Å². The third-order valence-corrected chi connectivity index (χ3v) is 4.85. The molecule has 3 unspecified atom stereocenters. The van der Waals surface area contributed by atoms with Crippen molar-refractivity contribution in [1.82, 2.24) is 4.90 Å². The number of carbonyl (C=O) groups is 1. The Morgan fingerprint density at radius 2 is 2.17 bits per heavy atom. The molecule has 1 fully saturated rings. The van der Waals surface area contributed by atoms with Crippen molar-refractivity contribution in [2.24, 2.45) is 5.92 Å². The monoisotopic (exact) mass is 342 g/mol. The maximum atomic E-state index is 13.7. The number of hydrogen-bond donors (Lipinski definition) is 2. The first kappa shape index (κ1) is 18.2.